The van der Waals surface area contributed by atoms with Crippen LogP contribution in [0.4, 0.5) is 5.69 Å². The fourth-order valence-corrected chi connectivity index (χ4v) is 6.91. The number of carbonyl (C=O) groups excluding carboxylic acids is 1. The summed E-state index contributed by atoms with van der Waals surface area (Å²) in [7, 11) is -3.76. The highest BCUT2D eigenvalue weighted by molar-refractivity contribution is 7.91. The molecule has 0 bridgehead atoms. The van der Waals surface area contributed by atoms with E-state index in [0.717, 1.165) is 28.8 Å². The number of sulfonamides is 1. The van der Waals surface area contributed by atoms with Crippen molar-refractivity contribution >= 4 is 33.0 Å². The van der Waals surface area contributed by atoms with Crippen LogP contribution in [0.3, 0.4) is 0 Å². The molecule has 2 aliphatic heterocycles. The van der Waals surface area contributed by atoms with Crippen LogP contribution in [-0.4, -0.2) is 31.2 Å². The molecule has 0 spiro atoms. The van der Waals surface area contributed by atoms with Crippen molar-refractivity contribution in [2.24, 2.45) is 0 Å². The molecule has 0 N–H and O–H groups in total. The van der Waals surface area contributed by atoms with Gasteiger partial charge in [-0.15, -0.1) is 11.3 Å². The maximum atomic E-state index is 13.6. The second-order valence-corrected chi connectivity index (χ2v) is 10.4. The van der Waals surface area contributed by atoms with Gasteiger partial charge in [0.1, 0.15) is 10.3 Å². The zero-order valence-electron chi connectivity index (χ0n) is 15.7. The Bertz CT molecular complexity index is 1170. The molecule has 1 amide bonds. The number of nitrogens with zero attached hydrogens (tertiary/aromatic N) is 2. The first-order valence-electron chi connectivity index (χ1n) is 9.57. The summed E-state index contributed by atoms with van der Waals surface area (Å²) >= 11 is 1.18. The predicted octanol–water partition coefficient (Wildman–Crippen LogP) is 3.45. The Hall–Kier alpha value is -2.48. The molecule has 1 unspecified atom stereocenters. The van der Waals surface area contributed by atoms with Gasteiger partial charge in [-0.3, -0.25) is 4.79 Å². The molecule has 2 aromatic carbocycles. The molecule has 5 rings (SSSR count). The number of hydrogen-bond acceptors (Lipinski definition) is 4. The lowest BCUT2D eigenvalue weighted by molar-refractivity contribution is -0.122. The van der Waals surface area contributed by atoms with Crippen molar-refractivity contribution in [3.8, 4) is 0 Å². The van der Waals surface area contributed by atoms with Gasteiger partial charge in [-0.2, -0.15) is 4.31 Å². The summed E-state index contributed by atoms with van der Waals surface area (Å²) in [6.45, 7) is 0.797. The number of benzene rings is 2. The van der Waals surface area contributed by atoms with E-state index in [2.05, 4.69) is 0 Å². The van der Waals surface area contributed by atoms with Crippen LogP contribution in [0.2, 0.25) is 0 Å². The number of rotatable bonds is 3. The van der Waals surface area contributed by atoms with Crippen LogP contribution in [0.25, 0.3) is 0 Å². The van der Waals surface area contributed by atoms with E-state index < -0.39 is 16.1 Å². The first-order valence-corrected chi connectivity index (χ1v) is 11.9. The highest BCUT2D eigenvalue weighted by Crippen LogP contribution is 2.34. The van der Waals surface area contributed by atoms with Crippen molar-refractivity contribution in [3.63, 3.8) is 0 Å². The minimum atomic E-state index is -3.76. The zero-order valence-corrected chi connectivity index (χ0v) is 17.3. The van der Waals surface area contributed by atoms with E-state index >= 15 is 0 Å². The van der Waals surface area contributed by atoms with Crippen LogP contribution in [0.5, 0.6) is 0 Å². The van der Waals surface area contributed by atoms with E-state index in [1.54, 1.807) is 22.4 Å². The molecular weight excluding hydrogens is 404 g/mol. The van der Waals surface area contributed by atoms with E-state index in [1.165, 1.54) is 15.6 Å². The molecule has 3 aromatic rings. The van der Waals surface area contributed by atoms with E-state index in [0.29, 0.717) is 13.0 Å². The summed E-state index contributed by atoms with van der Waals surface area (Å²) in [5, 5.41) is 1.75. The van der Waals surface area contributed by atoms with Crippen LogP contribution < -0.4 is 4.90 Å². The highest BCUT2D eigenvalue weighted by Gasteiger charge is 2.42. The molecule has 5 nitrogen and oxygen atoms in total. The van der Waals surface area contributed by atoms with Gasteiger partial charge < -0.3 is 4.90 Å². The topological polar surface area (TPSA) is 57.7 Å². The molecule has 0 fully saturated rings. The third-order valence-electron chi connectivity index (χ3n) is 5.70. The number of fused-ring (bicyclic) bond motifs is 2. The van der Waals surface area contributed by atoms with E-state index in [4.69, 9.17) is 0 Å². The van der Waals surface area contributed by atoms with Crippen molar-refractivity contribution in [1.82, 2.24) is 4.31 Å². The Kier molecular flexibility index (Phi) is 4.53. The molecule has 29 heavy (non-hydrogen) atoms. The lowest BCUT2D eigenvalue weighted by atomic mass is 9.95. The Labute approximate surface area is 174 Å². The van der Waals surface area contributed by atoms with Gasteiger partial charge in [-0.25, -0.2) is 8.42 Å². The Morgan fingerprint density at radius 2 is 1.66 bits per heavy atom. The molecule has 0 saturated heterocycles. The highest BCUT2D eigenvalue weighted by atomic mass is 32.2. The van der Waals surface area contributed by atoms with Gasteiger partial charge in [0.15, 0.2) is 0 Å². The lowest BCUT2D eigenvalue weighted by Gasteiger charge is -2.36. The van der Waals surface area contributed by atoms with E-state index in [9.17, 15) is 13.2 Å². The largest absolute Gasteiger partial charge is 0.310 e. The maximum Gasteiger partial charge on any atom is 0.253 e. The molecule has 7 heteroatoms. The van der Waals surface area contributed by atoms with Crippen LogP contribution >= 0.6 is 11.3 Å². The van der Waals surface area contributed by atoms with Crippen molar-refractivity contribution in [2.75, 3.05) is 11.4 Å². The standard InChI is InChI=1S/C22H20N2O3S2/c25-22(23-12-11-16-6-3-4-9-19(16)23)20-14-17-7-1-2-8-18(17)15-24(20)29(26,27)21-10-5-13-28-21/h1-10,13,20H,11-12,14-15H2. The average Bonchev–Trinajstić information content (AvgIpc) is 3.43. The number of para-hydroxylation sites is 1. The smallest absolute Gasteiger partial charge is 0.253 e. The second-order valence-electron chi connectivity index (χ2n) is 7.34. The van der Waals surface area contributed by atoms with E-state index in [1.807, 2.05) is 48.5 Å². The summed E-state index contributed by atoms with van der Waals surface area (Å²) in [5.41, 5.74) is 4.02. The number of thiophene rings is 1. The molecular formula is C22H20N2O3S2. The van der Waals surface area contributed by atoms with Crippen molar-refractivity contribution in [1.29, 1.82) is 0 Å². The van der Waals surface area contributed by atoms with Gasteiger partial charge in [-0.1, -0.05) is 48.5 Å². The minimum Gasteiger partial charge on any atom is -0.310 e. The predicted molar refractivity (Wildman–Crippen MR) is 113 cm³/mol. The maximum absolute atomic E-state index is 13.6. The first kappa shape index (κ1) is 18.5. The molecule has 1 atom stereocenters. The summed E-state index contributed by atoms with van der Waals surface area (Å²) in [5.74, 6) is -0.149. The van der Waals surface area contributed by atoms with Crippen molar-refractivity contribution in [3.05, 3.63) is 82.7 Å². The quantitative estimate of drug-likeness (QED) is 0.647. The van der Waals surface area contributed by atoms with Gasteiger partial charge in [0.05, 0.1) is 0 Å². The third kappa shape index (κ3) is 3.10. The van der Waals surface area contributed by atoms with Gasteiger partial charge in [0.25, 0.3) is 10.0 Å². The van der Waals surface area contributed by atoms with Crippen molar-refractivity contribution < 1.29 is 13.2 Å². The Balaban J connectivity index is 1.56. The number of carbonyl (C=O) groups is 1. The monoisotopic (exact) mass is 424 g/mol. The molecule has 3 heterocycles. The van der Waals surface area contributed by atoms with Crippen LogP contribution in [0.15, 0.2) is 70.3 Å². The van der Waals surface area contributed by atoms with Gasteiger partial charge in [0.2, 0.25) is 5.91 Å². The fraction of sp³-hybridized carbons (Fsp3) is 0.227. The van der Waals surface area contributed by atoms with E-state index in [-0.39, 0.29) is 16.7 Å². The van der Waals surface area contributed by atoms with Crippen LogP contribution in [-0.2, 0) is 34.2 Å². The SMILES string of the molecule is O=C(C1Cc2ccccc2CN1S(=O)(=O)c1cccs1)N1CCc2ccccc21. The normalized spacial score (nSPS) is 19.0. The molecule has 0 radical (unpaired) electrons. The Morgan fingerprint density at radius 1 is 0.931 bits per heavy atom. The van der Waals surface area contributed by atoms with Crippen LogP contribution in [0, 0.1) is 0 Å². The first-order chi connectivity index (χ1) is 14.1. The van der Waals surface area contributed by atoms with Gasteiger partial charge >= 0.3 is 0 Å². The van der Waals surface area contributed by atoms with Gasteiger partial charge in [0, 0.05) is 18.8 Å². The molecule has 0 saturated carbocycles. The number of anilines is 1. The van der Waals surface area contributed by atoms with Crippen molar-refractivity contribution in [2.45, 2.75) is 29.6 Å². The molecule has 2 aliphatic rings. The number of amides is 1. The second kappa shape index (κ2) is 7.09. The average molecular weight is 425 g/mol. The zero-order chi connectivity index (χ0) is 20.0. The van der Waals surface area contributed by atoms with Crippen LogP contribution in [0.1, 0.15) is 16.7 Å². The summed E-state index contributed by atoms with van der Waals surface area (Å²) < 4.78 is 28.5. The lowest BCUT2D eigenvalue weighted by Crippen LogP contribution is -2.53. The third-order valence-corrected chi connectivity index (χ3v) is 8.93. The minimum absolute atomic E-state index is 0.149. The number of hydrogen-bond donors (Lipinski definition) is 0. The molecule has 148 valence electrons. The summed E-state index contributed by atoms with van der Waals surface area (Å²) in [6, 6.07) is 18.2. The molecule has 0 aliphatic carbocycles. The summed E-state index contributed by atoms with van der Waals surface area (Å²) in [4.78, 5) is 15.4. The summed E-state index contributed by atoms with van der Waals surface area (Å²) in [6.07, 6.45) is 1.18. The van der Waals surface area contributed by atoms with Gasteiger partial charge in [-0.05, 0) is 47.0 Å². The fourth-order valence-electron chi connectivity index (χ4n) is 4.23. The Morgan fingerprint density at radius 3 is 2.41 bits per heavy atom. The molecule has 1 aromatic heterocycles.